The molecule has 4 aromatic rings. The Labute approximate surface area is 169 Å². The minimum absolute atomic E-state index is 0.211. The van der Waals surface area contributed by atoms with Crippen LogP contribution in [0.5, 0.6) is 0 Å². The number of esters is 1. The van der Waals surface area contributed by atoms with Gasteiger partial charge in [0, 0.05) is 22.2 Å². The van der Waals surface area contributed by atoms with Gasteiger partial charge in [-0.05, 0) is 30.4 Å². The minimum atomic E-state index is -0.618. The van der Waals surface area contributed by atoms with Crippen LogP contribution in [-0.4, -0.2) is 15.9 Å². The van der Waals surface area contributed by atoms with E-state index in [9.17, 15) is 9.59 Å². The Morgan fingerprint density at radius 1 is 1.18 bits per heavy atom. The highest BCUT2D eigenvalue weighted by molar-refractivity contribution is 7.18. The van der Waals surface area contributed by atoms with Crippen molar-refractivity contribution in [3.8, 4) is 10.4 Å². The second-order valence-electron chi connectivity index (χ2n) is 6.38. The first kappa shape index (κ1) is 18.6. The molecule has 0 aliphatic carbocycles. The van der Waals surface area contributed by atoms with Crippen LogP contribution in [0, 0.1) is 0 Å². The second-order valence-corrected chi connectivity index (χ2v) is 8.18. The van der Waals surface area contributed by atoms with E-state index in [-0.39, 0.29) is 17.9 Å². The summed E-state index contributed by atoms with van der Waals surface area (Å²) in [6, 6.07) is 13.7. The molecule has 0 radical (unpaired) electrons. The van der Waals surface area contributed by atoms with Crippen LogP contribution in [0.4, 0.5) is 0 Å². The van der Waals surface area contributed by atoms with Gasteiger partial charge in [-0.25, -0.2) is 4.98 Å². The van der Waals surface area contributed by atoms with Crippen LogP contribution in [0.15, 0.2) is 58.0 Å². The number of hydrogen-bond acceptors (Lipinski definition) is 6. The number of aromatic nitrogens is 2. The highest BCUT2D eigenvalue weighted by Gasteiger charge is 2.18. The lowest BCUT2D eigenvalue weighted by atomic mass is 10.1. The zero-order valence-electron chi connectivity index (χ0n) is 15.2. The molecule has 1 N–H and O–H groups in total. The molecule has 142 valence electrons. The molecule has 7 heteroatoms. The van der Waals surface area contributed by atoms with Crippen LogP contribution < -0.4 is 5.56 Å². The van der Waals surface area contributed by atoms with Crippen LogP contribution in [0.25, 0.3) is 20.7 Å². The van der Waals surface area contributed by atoms with E-state index in [1.165, 1.54) is 11.3 Å². The van der Waals surface area contributed by atoms with Crippen molar-refractivity contribution in [3.63, 3.8) is 0 Å². The maximum atomic E-state index is 12.7. The Morgan fingerprint density at radius 2 is 2.00 bits per heavy atom. The predicted octanol–water partition coefficient (Wildman–Crippen LogP) is 4.95. The maximum Gasteiger partial charge on any atom is 0.306 e. The number of aromatic amines is 1. The zero-order valence-corrected chi connectivity index (χ0v) is 16.8. The summed E-state index contributed by atoms with van der Waals surface area (Å²) in [7, 11) is 0. The number of aryl methyl sites for hydroxylation is 1. The Hall–Kier alpha value is -2.77. The summed E-state index contributed by atoms with van der Waals surface area (Å²) in [6.45, 7) is 1.72. The quantitative estimate of drug-likeness (QED) is 0.457. The first-order valence-corrected chi connectivity index (χ1v) is 10.7. The van der Waals surface area contributed by atoms with Crippen LogP contribution in [-0.2, 0) is 16.0 Å². The van der Waals surface area contributed by atoms with Gasteiger partial charge in [0.25, 0.3) is 5.56 Å². The van der Waals surface area contributed by atoms with Crippen molar-refractivity contribution in [1.82, 2.24) is 9.97 Å². The molecular weight excluding hydrogens is 392 g/mol. The largest absolute Gasteiger partial charge is 0.454 e. The van der Waals surface area contributed by atoms with Gasteiger partial charge in [-0.2, -0.15) is 0 Å². The SMILES string of the molecule is C[C@H](OC(=O)CCc1ccccc1)c1nc2scc(-c3cccs3)c2c(=O)[nH]1. The van der Waals surface area contributed by atoms with Crippen LogP contribution in [0.2, 0.25) is 0 Å². The normalized spacial score (nSPS) is 12.2. The van der Waals surface area contributed by atoms with Gasteiger partial charge >= 0.3 is 5.97 Å². The number of thiophene rings is 2. The zero-order chi connectivity index (χ0) is 19.5. The van der Waals surface area contributed by atoms with E-state index >= 15 is 0 Å². The van der Waals surface area contributed by atoms with E-state index in [2.05, 4.69) is 9.97 Å². The topological polar surface area (TPSA) is 72.0 Å². The Balaban J connectivity index is 1.49. The Kier molecular flexibility index (Phi) is 5.36. The highest BCUT2D eigenvalue weighted by Crippen LogP contribution is 2.33. The Morgan fingerprint density at radius 3 is 2.75 bits per heavy atom. The van der Waals surface area contributed by atoms with E-state index in [1.54, 1.807) is 18.3 Å². The fourth-order valence-electron chi connectivity index (χ4n) is 2.97. The molecule has 1 aromatic carbocycles. The van der Waals surface area contributed by atoms with Crippen molar-refractivity contribution in [2.24, 2.45) is 0 Å². The lowest BCUT2D eigenvalue weighted by Gasteiger charge is -2.12. The smallest absolute Gasteiger partial charge is 0.306 e. The van der Waals surface area contributed by atoms with Gasteiger partial charge in [0.2, 0.25) is 0 Å². The number of ether oxygens (including phenoxy) is 1. The van der Waals surface area contributed by atoms with Crippen LogP contribution >= 0.6 is 22.7 Å². The number of fused-ring (bicyclic) bond motifs is 1. The molecule has 0 aliphatic rings. The summed E-state index contributed by atoms with van der Waals surface area (Å²) in [5.74, 6) is 0.0506. The first-order valence-electron chi connectivity index (χ1n) is 8.90. The van der Waals surface area contributed by atoms with Crippen molar-refractivity contribution in [2.75, 3.05) is 0 Å². The fourth-order valence-corrected chi connectivity index (χ4v) is 4.74. The number of hydrogen-bond donors (Lipinski definition) is 1. The van der Waals surface area contributed by atoms with Crippen molar-refractivity contribution in [2.45, 2.75) is 25.9 Å². The molecule has 0 aliphatic heterocycles. The maximum absolute atomic E-state index is 12.7. The molecular formula is C21H18N2O3S2. The van der Waals surface area contributed by atoms with Crippen LogP contribution in [0.3, 0.4) is 0 Å². The number of H-pyrrole nitrogens is 1. The molecule has 3 heterocycles. The summed E-state index contributed by atoms with van der Waals surface area (Å²) >= 11 is 3.00. The van der Waals surface area contributed by atoms with Gasteiger partial charge in [0.15, 0.2) is 11.9 Å². The molecule has 0 unspecified atom stereocenters. The van der Waals surface area contributed by atoms with Crippen molar-refractivity contribution < 1.29 is 9.53 Å². The van der Waals surface area contributed by atoms with Gasteiger partial charge in [0.1, 0.15) is 4.83 Å². The highest BCUT2D eigenvalue weighted by atomic mass is 32.1. The summed E-state index contributed by atoms with van der Waals surface area (Å²) < 4.78 is 5.48. The summed E-state index contributed by atoms with van der Waals surface area (Å²) in [4.78, 5) is 33.8. The van der Waals surface area contributed by atoms with Gasteiger partial charge in [-0.3, -0.25) is 9.59 Å². The summed E-state index contributed by atoms with van der Waals surface area (Å²) in [5.41, 5.74) is 1.76. The third-order valence-corrected chi connectivity index (χ3v) is 6.18. The van der Waals surface area contributed by atoms with Crippen molar-refractivity contribution >= 4 is 38.9 Å². The monoisotopic (exact) mass is 410 g/mol. The average Bonchev–Trinajstić information content (AvgIpc) is 3.36. The molecule has 0 bridgehead atoms. The molecule has 4 rings (SSSR count). The standard InChI is InChI=1S/C21H18N2O3S2/c1-13(26-17(24)10-9-14-6-3-2-4-7-14)19-22-20(25)18-15(12-28-21(18)23-19)16-8-5-11-27-16/h2-8,11-13H,9-10H2,1H3,(H,22,23,25)/t13-/m0/s1. The van der Waals surface area contributed by atoms with E-state index in [0.717, 1.165) is 16.0 Å². The number of carbonyl (C=O) groups is 1. The van der Waals surface area contributed by atoms with Gasteiger partial charge < -0.3 is 9.72 Å². The summed E-state index contributed by atoms with van der Waals surface area (Å²) in [6.07, 6.45) is 0.278. The lowest BCUT2D eigenvalue weighted by Crippen LogP contribution is -2.17. The molecule has 0 saturated carbocycles. The number of benzene rings is 1. The van der Waals surface area contributed by atoms with Crippen molar-refractivity contribution in [3.05, 3.63) is 75.0 Å². The average molecular weight is 411 g/mol. The number of nitrogens with one attached hydrogen (secondary N) is 1. The molecule has 0 saturated heterocycles. The first-order chi connectivity index (χ1) is 13.6. The predicted molar refractivity (Wildman–Crippen MR) is 113 cm³/mol. The molecule has 1 atom stereocenters. The van der Waals surface area contributed by atoms with Gasteiger partial charge in [-0.15, -0.1) is 22.7 Å². The van der Waals surface area contributed by atoms with Crippen LogP contribution in [0.1, 0.15) is 30.8 Å². The number of carbonyl (C=O) groups excluding carboxylic acids is 1. The minimum Gasteiger partial charge on any atom is -0.454 e. The van der Waals surface area contributed by atoms with Crippen molar-refractivity contribution in [1.29, 1.82) is 0 Å². The van der Waals surface area contributed by atoms with E-state index < -0.39 is 6.10 Å². The van der Waals surface area contributed by atoms with E-state index in [4.69, 9.17) is 4.74 Å². The molecule has 0 spiro atoms. The molecule has 3 aromatic heterocycles. The number of rotatable bonds is 6. The van der Waals surface area contributed by atoms with Gasteiger partial charge in [-0.1, -0.05) is 36.4 Å². The van der Waals surface area contributed by atoms with Gasteiger partial charge in [0.05, 0.1) is 5.39 Å². The lowest BCUT2D eigenvalue weighted by molar-refractivity contribution is -0.148. The third-order valence-electron chi connectivity index (χ3n) is 4.40. The molecule has 0 amide bonds. The molecule has 5 nitrogen and oxygen atoms in total. The summed E-state index contributed by atoms with van der Waals surface area (Å²) in [5, 5.41) is 4.50. The molecule has 28 heavy (non-hydrogen) atoms. The Bertz CT molecular complexity index is 1150. The third kappa shape index (κ3) is 3.90. The second kappa shape index (κ2) is 8.08. The van der Waals surface area contributed by atoms with E-state index in [1.807, 2.05) is 53.2 Å². The molecule has 0 fully saturated rings. The number of nitrogens with zero attached hydrogens (tertiary/aromatic N) is 1. The van der Waals surface area contributed by atoms with E-state index in [0.29, 0.717) is 22.5 Å². The fraction of sp³-hybridized carbons (Fsp3) is 0.190.